The minimum Gasteiger partial charge on any atom is -0.325 e. The van der Waals surface area contributed by atoms with Crippen molar-refractivity contribution in [2.45, 2.75) is 31.3 Å². The molecule has 0 bridgehead atoms. The number of hydrogen-bond acceptors (Lipinski definition) is 4. The van der Waals surface area contributed by atoms with Crippen molar-refractivity contribution in [1.29, 1.82) is 0 Å². The van der Waals surface area contributed by atoms with E-state index < -0.39 is 0 Å². The first-order valence-electron chi connectivity index (χ1n) is 6.57. The van der Waals surface area contributed by atoms with Crippen LogP contribution in [-0.4, -0.2) is 26.8 Å². The second-order valence-corrected chi connectivity index (χ2v) is 5.49. The van der Waals surface area contributed by atoms with E-state index in [0.29, 0.717) is 16.8 Å². The smallest absolute Gasteiger partial charge is 0.234 e. The SMILES string of the molecule is CC[C@H](C)c1ccccc1NC(=O)CSc1ncn[nH]1. The normalized spacial score (nSPS) is 12.1. The van der Waals surface area contributed by atoms with Gasteiger partial charge in [-0.3, -0.25) is 9.89 Å². The number of H-pyrrole nitrogens is 1. The van der Waals surface area contributed by atoms with Crippen molar-refractivity contribution in [2.24, 2.45) is 0 Å². The molecule has 5 nitrogen and oxygen atoms in total. The van der Waals surface area contributed by atoms with Crippen LogP contribution in [0.3, 0.4) is 0 Å². The Kier molecular flexibility index (Phi) is 5.17. The Bertz CT molecular complexity index is 556. The molecule has 1 aromatic heterocycles. The van der Waals surface area contributed by atoms with Crippen LogP contribution >= 0.6 is 11.8 Å². The fraction of sp³-hybridized carbons (Fsp3) is 0.357. The molecule has 0 spiro atoms. The van der Waals surface area contributed by atoms with Gasteiger partial charge in [-0.1, -0.05) is 43.8 Å². The topological polar surface area (TPSA) is 70.7 Å². The summed E-state index contributed by atoms with van der Waals surface area (Å²) in [6.07, 6.45) is 2.47. The molecule has 0 saturated heterocycles. The van der Waals surface area contributed by atoms with Gasteiger partial charge in [-0.15, -0.1) is 0 Å². The van der Waals surface area contributed by atoms with Gasteiger partial charge in [0.15, 0.2) is 5.16 Å². The first kappa shape index (κ1) is 14.6. The molecule has 1 amide bonds. The molecule has 2 N–H and O–H groups in total. The lowest BCUT2D eigenvalue weighted by Crippen LogP contribution is -2.16. The van der Waals surface area contributed by atoms with Crippen LogP contribution in [0.2, 0.25) is 0 Å². The summed E-state index contributed by atoms with van der Waals surface area (Å²) in [6, 6.07) is 7.94. The summed E-state index contributed by atoms with van der Waals surface area (Å²) in [5, 5.41) is 10.1. The number of benzene rings is 1. The van der Waals surface area contributed by atoms with Gasteiger partial charge < -0.3 is 5.32 Å². The van der Waals surface area contributed by atoms with Crippen LogP contribution in [0.5, 0.6) is 0 Å². The summed E-state index contributed by atoms with van der Waals surface area (Å²) in [7, 11) is 0. The fourth-order valence-electron chi connectivity index (χ4n) is 1.84. The molecule has 2 aromatic rings. The lowest BCUT2D eigenvalue weighted by molar-refractivity contribution is -0.113. The fourth-order valence-corrected chi connectivity index (χ4v) is 2.42. The second-order valence-electron chi connectivity index (χ2n) is 4.52. The molecule has 0 unspecified atom stereocenters. The molecule has 0 aliphatic heterocycles. The number of hydrogen-bond donors (Lipinski definition) is 2. The summed E-state index contributed by atoms with van der Waals surface area (Å²) in [6.45, 7) is 4.30. The Morgan fingerprint density at radius 2 is 2.25 bits per heavy atom. The van der Waals surface area contributed by atoms with Crippen molar-refractivity contribution in [2.75, 3.05) is 11.1 Å². The third-order valence-corrected chi connectivity index (χ3v) is 3.99. The van der Waals surface area contributed by atoms with E-state index in [2.05, 4.69) is 40.4 Å². The minimum atomic E-state index is -0.0397. The van der Waals surface area contributed by atoms with Gasteiger partial charge in [0.05, 0.1) is 5.75 Å². The van der Waals surface area contributed by atoms with Crippen LogP contribution in [0.15, 0.2) is 35.7 Å². The third kappa shape index (κ3) is 3.84. The van der Waals surface area contributed by atoms with Crippen LogP contribution in [0, 0.1) is 0 Å². The number of anilines is 1. The number of aromatic amines is 1. The van der Waals surface area contributed by atoms with Crippen molar-refractivity contribution in [3.05, 3.63) is 36.2 Å². The number of nitrogens with one attached hydrogen (secondary N) is 2. The predicted molar refractivity (Wildman–Crippen MR) is 80.9 cm³/mol. The van der Waals surface area contributed by atoms with E-state index in [1.807, 2.05) is 18.2 Å². The van der Waals surface area contributed by atoms with Crippen molar-refractivity contribution in [3.8, 4) is 0 Å². The number of nitrogens with zero attached hydrogens (tertiary/aromatic N) is 2. The number of thioether (sulfide) groups is 1. The number of para-hydroxylation sites is 1. The largest absolute Gasteiger partial charge is 0.325 e. The number of aromatic nitrogens is 3. The monoisotopic (exact) mass is 290 g/mol. The van der Waals surface area contributed by atoms with Crippen LogP contribution < -0.4 is 5.32 Å². The summed E-state index contributed by atoms with van der Waals surface area (Å²) in [5.74, 6) is 0.694. The van der Waals surface area contributed by atoms with Gasteiger partial charge in [0.25, 0.3) is 0 Å². The average Bonchev–Trinajstić information content (AvgIpc) is 2.98. The van der Waals surface area contributed by atoms with Crippen LogP contribution in [-0.2, 0) is 4.79 Å². The molecule has 2 rings (SSSR count). The Morgan fingerprint density at radius 3 is 2.95 bits per heavy atom. The summed E-state index contributed by atoms with van der Waals surface area (Å²) in [5.41, 5.74) is 2.07. The Balaban J connectivity index is 1.97. The number of amides is 1. The standard InChI is InChI=1S/C14H18N4OS/c1-3-10(2)11-6-4-5-7-12(11)17-13(19)8-20-14-15-9-16-18-14/h4-7,9-10H,3,8H2,1-2H3,(H,17,19)(H,15,16,18)/t10-/m0/s1. The molecule has 0 aliphatic carbocycles. The predicted octanol–water partition coefficient (Wildman–Crippen LogP) is 3.05. The van der Waals surface area contributed by atoms with Gasteiger partial charge in [0.2, 0.25) is 5.91 Å². The maximum atomic E-state index is 12.0. The van der Waals surface area contributed by atoms with E-state index in [-0.39, 0.29) is 5.91 Å². The molecular weight excluding hydrogens is 272 g/mol. The maximum Gasteiger partial charge on any atom is 0.234 e. The zero-order valence-electron chi connectivity index (χ0n) is 11.6. The first-order chi connectivity index (χ1) is 9.70. The van der Waals surface area contributed by atoms with Gasteiger partial charge >= 0.3 is 0 Å². The average molecular weight is 290 g/mol. The zero-order valence-corrected chi connectivity index (χ0v) is 12.4. The molecular formula is C14H18N4OS. The Labute approximate surface area is 122 Å². The second kappa shape index (κ2) is 7.09. The highest BCUT2D eigenvalue weighted by molar-refractivity contribution is 7.99. The molecule has 6 heteroatoms. The maximum absolute atomic E-state index is 12.0. The number of rotatable bonds is 6. The minimum absolute atomic E-state index is 0.0397. The molecule has 0 aliphatic rings. The molecule has 1 atom stereocenters. The van der Waals surface area contributed by atoms with Crippen molar-refractivity contribution in [1.82, 2.24) is 15.2 Å². The quantitative estimate of drug-likeness (QED) is 0.802. The summed E-state index contributed by atoms with van der Waals surface area (Å²) in [4.78, 5) is 15.9. The molecule has 0 radical (unpaired) electrons. The van der Waals surface area contributed by atoms with Crippen molar-refractivity contribution >= 4 is 23.4 Å². The van der Waals surface area contributed by atoms with E-state index in [0.717, 1.165) is 12.1 Å². The van der Waals surface area contributed by atoms with Gasteiger partial charge in [0, 0.05) is 5.69 Å². The molecule has 1 heterocycles. The van der Waals surface area contributed by atoms with E-state index in [1.165, 1.54) is 23.7 Å². The molecule has 0 saturated carbocycles. The zero-order chi connectivity index (χ0) is 14.4. The van der Waals surface area contributed by atoms with Crippen molar-refractivity contribution in [3.63, 3.8) is 0 Å². The molecule has 106 valence electrons. The third-order valence-electron chi connectivity index (χ3n) is 3.11. The van der Waals surface area contributed by atoms with Crippen LogP contribution in [0.4, 0.5) is 5.69 Å². The Hall–Kier alpha value is -1.82. The van der Waals surface area contributed by atoms with E-state index in [1.54, 1.807) is 0 Å². The molecule has 20 heavy (non-hydrogen) atoms. The van der Waals surface area contributed by atoms with E-state index in [9.17, 15) is 4.79 Å². The highest BCUT2D eigenvalue weighted by Crippen LogP contribution is 2.26. The highest BCUT2D eigenvalue weighted by Gasteiger charge is 2.11. The van der Waals surface area contributed by atoms with Gasteiger partial charge in [-0.05, 0) is 24.0 Å². The van der Waals surface area contributed by atoms with Crippen LogP contribution in [0.25, 0.3) is 0 Å². The summed E-state index contributed by atoms with van der Waals surface area (Å²) >= 11 is 1.33. The summed E-state index contributed by atoms with van der Waals surface area (Å²) < 4.78 is 0. The van der Waals surface area contributed by atoms with Crippen molar-refractivity contribution < 1.29 is 4.79 Å². The van der Waals surface area contributed by atoms with E-state index in [4.69, 9.17) is 0 Å². The van der Waals surface area contributed by atoms with Gasteiger partial charge in [-0.2, -0.15) is 5.10 Å². The first-order valence-corrected chi connectivity index (χ1v) is 7.56. The molecule has 0 fully saturated rings. The van der Waals surface area contributed by atoms with E-state index >= 15 is 0 Å². The lowest BCUT2D eigenvalue weighted by atomic mass is 9.97. The van der Waals surface area contributed by atoms with Gasteiger partial charge in [-0.25, -0.2) is 4.98 Å². The number of carbonyl (C=O) groups excluding carboxylic acids is 1. The Morgan fingerprint density at radius 1 is 1.45 bits per heavy atom. The highest BCUT2D eigenvalue weighted by atomic mass is 32.2. The number of carbonyl (C=O) groups is 1. The van der Waals surface area contributed by atoms with Crippen LogP contribution in [0.1, 0.15) is 31.7 Å². The molecule has 1 aromatic carbocycles. The van der Waals surface area contributed by atoms with Gasteiger partial charge in [0.1, 0.15) is 6.33 Å². The lowest BCUT2D eigenvalue weighted by Gasteiger charge is -2.15.